The summed E-state index contributed by atoms with van der Waals surface area (Å²) in [6.45, 7) is 6.07. The van der Waals surface area contributed by atoms with Crippen LogP contribution in [-0.4, -0.2) is 30.6 Å². The van der Waals surface area contributed by atoms with E-state index in [9.17, 15) is 0 Å². The van der Waals surface area contributed by atoms with Crippen LogP contribution < -0.4 is 5.32 Å². The normalized spacial score (nSPS) is 29.5. The van der Waals surface area contributed by atoms with Gasteiger partial charge in [-0.3, -0.25) is 4.90 Å². The summed E-state index contributed by atoms with van der Waals surface area (Å²) in [4.78, 5) is 2.67. The highest BCUT2D eigenvalue weighted by molar-refractivity contribution is 9.10. The SMILES string of the molecule is CC(c1ccccc1Br)N1CCCC(C2CCCN2)C1. The molecule has 2 heterocycles. The third-order valence-electron chi connectivity index (χ3n) is 5.06. The first-order valence-corrected chi connectivity index (χ1v) is 8.77. The molecule has 0 saturated carbocycles. The Kier molecular flexibility index (Phi) is 4.79. The minimum Gasteiger partial charge on any atom is -0.314 e. The minimum absolute atomic E-state index is 0.509. The van der Waals surface area contributed by atoms with Crippen molar-refractivity contribution in [2.24, 2.45) is 5.92 Å². The molecule has 3 unspecified atom stereocenters. The molecule has 3 atom stereocenters. The molecule has 2 nitrogen and oxygen atoms in total. The monoisotopic (exact) mass is 336 g/mol. The zero-order chi connectivity index (χ0) is 13.9. The lowest BCUT2D eigenvalue weighted by molar-refractivity contribution is 0.114. The number of rotatable bonds is 3. The number of likely N-dealkylation sites (tertiary alicyclic amines) is 1. The third-order valence-corrected chi connectivity index (χ3v) is 5.78. The summed E-state index contributed by atoms with van der Waals surface area (Å²) in [5.41, 5.74) is 1.42. The summed E-state index contributed by atoms with van der Waals surface area (Å²) in [5, 5.41) is 3.70. The number of benzene rings is 1. The van der Waals surface area contributed by atoms with Crippen molar-refractivity contribution in [1.29, 1.82) is 0 Å². The molecule has 3 heteroatoms. The maximum absolute atomic E-state index is 3.71. The summed E-state index contributed by atoms with van der Waals surface area (Å²) in [6, 6.07) is 9.94. The van der Waals surface area contributed by atoms with E-state index in [1.807, 2.05) is 0 Å². The molecule has 1 aromatic carbocycles. The van der Waals surface area contributed by atoms with Crippen molar-refractivity contribution in [2.45, 2.75) is 44.7 Å². The molecule has 2 fully saturated rings. The topological polar surface area (TPSA) is 15.3 Å². The van der Waals surface area contributed by atoms with Gasteiger partial charge in [-0.2, -0.15) is 0 Å². The van der Waals surface area contributed by atoms with Gasteiger partial charge in [-0.05, 0) is 63.2 Å². The van der Waals surface area contributed by atoms with Gasteiger partial charge in [0.25, 0.3) is 0 Å². The summed E-state index contributed by atoms with van der Waals surface area (Å²) < 4.78 is 1.24. The zero-order valence-corrected chi connectivity index (χ0v) is 13.9. The molecule has 1 aromatic rings. The smallest absolute Gasteiger partial charge is 0.0331 e. The van der Waals surface area contributed by atoms with Gasteiger partial charge in [0, 0.05) is 23.1 Å². The number of halogens is 1. The van der Waals surface area contributed by atoms with Gasteiger partial charge in [0.1, 0.15) is 0 Å². The molecule has 110 valence electrons. The second kappa shape index (κ2) is 6.59. The van der Waals surface area contributed by atoms with Crippen LogP contribution in [0.2, 0.25) is 0 Å². The first-order chi connectivity index (χ1) is 9.75. The largest absolute Gasteiger partial charge is 0.314 e. The van der Waals surface area contributed by atoms with Gasteiger partial charge in [0.2, 0.25) is 0 Å². The molecular formula is C17H25BrN2. The number of hydrogen-bond donors (Lipinski definition) is 1. The fraction of sp³-hybridized carbons (Fsp3) is 0.647. The fourth-order valence-corrected chi connectivity index (χ4v) is 4.46. The Morgan fingerprint density at radius 1 is 1.25 bits per heavy atom. The maximum Gasteiger partial charge on any atom is 0.0331 e. The average Bonchev–Trinajstić information content (AvgIpc) is 3.01. The van der Waals surface area contributed by atoms with Crippen LogP contribution in [0, 0.1) is 5.92 Å². The van der Waals surface area contributed by atoms with Crippen molar-refractivity contribution in [3.8, 4) is 0 Å². The second-order valence-corrected chi connectivity index (χ2v) is 7.15. The van der Waals surface area contributed by atoms with Gasteiger partial charge >= 0.3 is 0 Å². The van der Waals surface area contributed by atoms with E-state index in [0.717, 1.165) is 12.0 Å². The fourth-order valence-electron chi connectivity index (χ4n) is 3.85. The van der Waals surface area contributed by atoms with Gasteiger partial charge in [0.05, 0.1) is 0 Å². The van der Waals surface area contributed by atoms with E-state index in [-0.39, 0.29) is 0 Å². The van der Waals surface area contributed by atoms with Gasteiger partial charge < -0.3 is 5.32 Å². The van der Waals surface area contributed by atoms with Crippen LogP contribution in [0.5, 0.6) is 0 Å². The van der Waals surface area contributed by atoms with E-state index in [4.69, 9.17) is 0 Å². The van der Waals surface area contributed by atoms with Gasteiger partial charge in [-0.1, -0.05) is 34.1 Å². The standard InChI is InChI=1S/C17H25BrN2/c1-13(15-7-2-3-8-16(15)18)20-11-5-6-14(12-20)17-9-4-10-19-17/h2-3,7-8,13-14,17,19H,4-6,9-12H2,1H3. The van der Waals surface area contributed by atoms with Crippen molar-refractivity contribution in [3.05, 3.63) is 34.3 Å². The third kappa shape index (κ3) is 3.10. The van der Waals surface area contributed by atoms with E-state index in [1.54, 1.807) is 0 Å². The minimum atomic E-state index is 0.509. The van der Waals surface area contributed by atoms with E-state index < -0.39 is 0 Å². The molecule has 2 saturated heterocycles. The van der Waals surface area contributed by atoms with E-state index in [1.165, 1.54) is 55.4 Å². The molecule has 0 amide bonds. The summed E-state index contributed by atoms with van der Waals surface area (Å²) in [7, 11) is 0. The molecule has 0 spiro atoms. The molecule has 2 aliphatic rings. The van der Waals surface area contributed by atoms with Crippen molar-refractivity contribution in [3.63, 3.8) is 0 Å². The molecule has 0 aliphatic carbocycles. The lowest BCUT2D eigenvalue weighted by Gasteiger charge is -2.39. The lowest BCUT2D eigenvalue weighted by atomic mass is 9.88. The Morgan fingerprint density at radius 2 is 2.10 bits per heavy atom. The summed E-state index contributed by atoms with van der Waals surface area (Å²) in [5.74, 6) is 0.844. The molecule has 3 rings (SSSR count). The zero-order valence-electron chi connectivity index (χ0n) is 12.3. The number of nitrogens with one attached hydrogen (secondary N) is 1. The number of nitrogens with zero attached hydrogens (tertiary/aromatic N) is 1. The quantitative estimate of drug-likeness (QED) is 0.898. The predicted molar refractivity (Wildman–Crippen MR) is 87.9 cm³/mol. The number of piperidine rings is 1. The van der Waals surface area contributed by atoms with Crippen molar-refractivity contribution in [1.82, 2.24) is 10.2 Å². The average molecular weight is 337 g/mol. The van der Waals surface area contributed by atoms with E-state index in [0.29, 0.717) is 6.04 Å². The molecule has 0 bridgehead atoms. The van der Waals surface area contributed by atoms with Crippen LogP contribution in [0.25, 0.3) is 0 Å². The molecular weight excluding hydrogens is 312 g/mol. The Morgan fingerprint density at radius 3 is 2.85 bits per heavy atom. The van der Waals surface area contributed by atoms with E-state index >= 15 is 0 Å². The molecule has 0 radical (unpaired) electrons. The summed E-state index contributed by atoms with van der Waals surface area (Å²) >= 11 is 3.71. The van der Waals surface area contributed by atoms with Gasteiger partial charge in [-0.25, -0.2) is 0 Å². The van der Waals surface area contributed by atoms with E-state index in [2.05, 4.69) is 57.3 Å². The maximum atomic E-state index is 3.71. The molecule has 2 aliphatic heterocycles. The van der Waals surface area contributed by atoms with Crippen molar-refractivity contribution < 1.29 is 0 Å². The Balaban J connectivity index is 1.68. The van der Waals surface area contributed by atoms with Crippen molar-refractivity contribution in [2.75, 3.05) is 19.6 Å². The first kappa shape index (κ1) is 14.6. The molecule has 20 heavy (non-hydrogen) atoms. The lowest BCUT2D eigenvalue weighted by Crippen LogP contribution is -2.44. The number of hydrogen-bond acceptors (Lipinski definition) is 2. The van der Waals surface area contributed by atoms with Crippen LogP contribution in [-0.2, 0) is 0 Å². The first-order valence-electron chi connectivity index (χ1n) is 7.97. The van der Waals surface area contributed by atoms with Crippen molar-refractivity contribution >= 4 is 15.9 Å². The van der Waals surface area contributed by atoms with Crippen LogP contribution in [0.3, 0.4) is 0 Å². The molecule has 0 aromatic heterocycles. The second-order valence-electron chi connectivity index (χ2n) is 6.30. The van der Waals surface area contributed by atoms with Gasteiger partial charge in [0.15, 0.2) is 0 Å². The Bertz CT molecular complexity index is 442. The summed E-state index contributed by atoms with van der Waals surface area (Å²) in [6.07, 6.45) is 5.48. The van der Waals surface area contributed by atoms with Crippen LogP contribution >= 0.6 is 15.9 Å². The highest BCUT2D eigenvalue weighted by Crippen LogP contribution is 2.32. The van der Waals surface area contributed by atoms with Crippen LogP contribution in [0.4, 0.5) is 0 Å². The highest BCUT2D eigenvalue weighted by Gasteiger charge is 2.31. The Labute approximate surface area is 131 Å². The van der Waals surface area contributed by atoms with Crippen LogP contribution in [0.1, 0.15) is 44.2 Å². The highest BCUT2D eigenvalue weighted by atomic mass is 79.9. The Hall–Kier alpha value is -0.380. The van der Waals surface area contributed by atoms with Crippen LogP contribution in [0.15, 0.2) is 28.7 Å². The van der Waals surface area contributed by atoms with Gasteiger partial charge in [-0.15, -0.1) is 0 Å². The predicted octanol–water partition coefficient (Wildman–Crippen LogP) is 3.97. The molecule has 1 N–H and O–H groups in total.